The largest absolute Gasteiger partial charge is 0.372 e. The molecule has 31 heavy (non-hydrogen) atoms. The smallest absolute Gasteiger partial charge is 0.232 e. The van der Waals surface area contributed by atoms with E-state index in [0.717, 1.165) is 30.3 Å². The third-order valence-electron chi connectivity index (χ3n) is 6.54. The number of carbonyl (C=O) groups excluding carboxylic acids is 1. The lowest BCUT2D eigenvalue weighted by atomic mass is 9.98. The highest BCUT2D eigenvalue weighted by molar-refractivity contribution is 5.96. The van der Waals surface area contributed by atoms with Crippen LogP contribution in [-0.2, 0) is 4.79 Å². The third kappa shape index (κ3) is 4.07. The lowest BCUT2D eigenvalue weighted by molar-refractivity contribution is -0.117. The molecule has 6 heteroatoms. The van der Waals surface area contributed by atoms with Gasteiger partial charge < -0.3 is 14.3 Å². The fraction of sp³-hybridized carbons (Fsp3) is 0.400. The standard InChI is InChI=1S/C25H28N4O2/c1-17-3-7-22(8-4-17)29-16-20(15-23(29)30)25-26-24(27-31-25)19-5-9-21(10-6-19)28-13-11-18(2)12-14-28/h3-10,18,20H,11-16H2,1-2H3/t20-/m1/s1. The molecule has 2 saturated heterocycles. The van der Waals surface area contributed by atoms with Crippen molar-refractivity contribution >= 4 is 17.3 Å². The normalized spacial score (nSPS) is 19.9. The van der Waals surface area contributed by atoms with Crippen LogP contribution in [0.1, 0.15) is 43.6 Å². The Kier molecular flexibility index (Phi) is 5.22. The van der Waals surface area contributed by atoms with Gasteiger partial charge in [0.25, 0.3) is 0 Å². The third-order valence-corrected chi connectivity index (χ3v) is 6.54. The molecule has 0 aliphatic carbocycles. The lowest BCUT2D eigenvalue weighted by Crippen LogP contribution is -2.32. The van der Waals surface area contributed by atoms with Gasteiger partial charge in [0.05, 0.1) is 5.92 Å². The van der Waals surface area contributed by atoms with Crippen LogP contribution in [0.4, 0.5) is 11.4 Å². The van der Waals surface area contributed by atoms with Gasteiger partial charge in [-0.15, -0.1) is 0 Å². The molecule has 0 spiro atoms. The molecular weight excluding hydrogens is 388 g/mol. The minimum Gasteiger partial charge on any atom is -0.372 e. The fourth-order valence-electron chi connectivity index (χ4n) is 4.45. The molecule has 2 aliphatic heterocycles. The topological polar surface area (TPSA) is 62.5 Å². The fourth-order valence-corrected chi connectivity index (χ4v) is 4.45. The van der Waals surface area contributed by atoms with Crippen LogP contribution >= 0.6 is 0 Å². The molecule has 2 fully saturated rings. The average molecular weight is 417 g/mol. The van der Waals surface area contributed by atoms with Crippen LogP contribution in [0.5, 0.6) is 0 Å². The van der Waals surface area contributed by atoms with Gasteiger partial charge in [-0.3, -0.25) is 4.79 Å². The van der Waals surface area contributed by atoms with Gasteiger partial charge >= 0.3 is 0 Å². The maximum atomic E-state index is 12.6. The summed E-state index contributed by atoms with van der Waals surface area (Å²) >= 11 is 0. The van der Waals surface area contributed by atoms with Crippen LogP contribution in [0.25, 0.3) is 11.4 Å². The first-order valence-corrected chi connectivity index (χ1v) is 11.1. The molecule has 2 aliphatic rings. The number of anilines is 2. The van der Waals surface area contributed by atoms with Gasteiger partial charge in [0.15, 0.2) is 0 Å². The summed E-state index contributed by atoms with van der Waals surface area (Å²) < 4.78 is 5.56. The van der Waals surface area contributed by atoms with Crippen molar-refractivity contribution in [3.63, 3.8) is 0 Å². The summed E-state index contributed by atoms with van der Waals surface area (Å²) in [5, 5.41) is 4.19. The Labute approximate surface area is 182 Å². The maximum absolute atomic E-state index is 12.6. The Balaban J connectivity index is 1.28. The van der Waals surface area contributed by atoms with E-state index in [9.17, 15) is 4.79 Å². The summed E-state index contributed by atoms with van der Waals surface area (Å²) in [5.41, 5.74) is 4.27. The number of benzene rings is 2. The second-order valence-corrected chi connectivity index (χ2v) is 8.91. The van der Waals surface area contributed by atoms with Crippen LogP contribution in [0.15, 0.2) is 53.1 Å². The summed E-state index contributed by atoms with van der Waals surface area (Å²) in [6.45, 7) is 7.15. The van der Waals surface area contributed by atoms with E-state index < -0.39 is 0 Å². The van der Waals surface area contributed by atoms with Crippen molar-refractivity contribution in [2.24, 2.45) is 5.92 Å². The van der Waals surface area contributed by atoms with Gasteiger partial charge in [-0.25, -0.2) is 0 Å². The number of hydrogen-bond donors (Lipinski definition) is 0. The molecule has 0 radical (unpaired) electrons. The van der Waals surface area contributed by atoms with E-state index in [2.05, 4.69) is 46.2 Å². The molecule has 0 unspecified atom stereocenters. The molecule has 6 nitrogen and oxygen atoms in total. The molecule has 5 rings (SSSR count). The van der Waals surface area contributed by atoms with E-state index in [1.165, 1.54) is 24.1 Å². The maximum Gasteiger partial charge on any atom is 0.232 e. The highest BCUT2D eigenvalue weighted by Gasteiger charge is 2.35. The monoisotopic (exact) mass is 416 g/mol. The quantitative estimate of drug-likeness (QED) is 0.611. The van der Waals surface area contributed by atoms with Crippen molar-refractivity contribution in [1.29, 1.82) is 0 Å². The molecule has 1 aromatic heterocycles. The van der Waals surface area contributed by atoms with Gasteiger partial charge in [0.2, 0.25) is 17.6 Å². The Morgan fingerprint density at radius 3 is 2.35 bits per heavy atom. The number of aromatic nitrogens is 2. The zero-order chi connectivity index (χ0) is 21.4. The van der Waals surface area contributed by atoms with E-state index in [0.29, 0.717) is 24.7 Å². The molecule has 2 aromatic carbocycles. The van der Waals surface area contributed by atoms with Crippen LogP contribution in [0.2, 0.25) is 0 Å². The number of rotatable bonds is 4. The van der Waals surface area contributed by atoms with Crippen molar-refractivity contribution < 1.29 is 9.32 Å². The zero-order valence-electron chi connectivity index (χ0n) is 18.1. The average Bonchev–Trinajstić information content (AvgIpc) is 3.42. The highest BCUT2D eigenvalue weighted by Crippen LogP contribution is 2.32. The lowest BCUT2D eigenvalue weighted by Gasteiger charge is -2.32. The summed E-state index contributed by atoms with van der Waals surface area (Å²) in [5.74, 6) is 1.94. The predicted octanol–water partition coefficient (Wildman–Crippen LogP) is 4.80. The summed E-state index contributed by atoms with van der Waals surface area (Å²) in [7, 11) is 0. The summed E-state index contributed by atoms with van der Waals surface area (Å²) in [4.78, 5) is 21.4. The molecular formula is C25H28N4O2. The molecule has 160 valence electrons. The molecule has 0 N–H and O–H groups in total. The van der Waals surface area contributed by atoms with Crippen molar-refractivity contribution in [3.05, 3.63) is 60.0 Å². The van der Waals surface area contributed by atoms with Crippen molar-refractivity contribution in [3.8, 4) is 11.4 Å². The van der Waals surface area contributed by atoms with Crippen molar-refractivity contribution in [1.82, 2.24) is 10.1 Å². The molecule has 0 bridgehead atoms. The number of nitrogens with zero attached hydrogens (tertiary/aromatic N) is 4. The van der Waals surface area contributed by atoms with Crippen LogP contribution in [-0.4, -0.2) is 35.7 Å². The van der Waals surface area contributed by atoms with Crippen molar-refractivity contribution in [2.45, 2.75) is 39.0 Å². The number of piperidine rings is 1. The number of aryl methyl sites for hydroxylation is 1. The molecule has 0 saturated carbocycles. The van der Waals surface area contributed by atoms with E-state index in [1.807, 2.05) is 36.1 Å². The second kappa shape index (κ2) is 8.17. The van der Waals surface area contributed by atoms with Crippen molar-refractivity contribution in [2.75, 3.05) is 29.4 Å². The highest BCUT2D eigenvalue weighted by atomic mass is 16.5. The van der Waals surface area contributed by atoms with E-state index in [-0.39, 0.29) is 11.8 Å². The number of amides is 1. The molecule has 3 aromatic rings. The first kappa shape index (κ1) is 19.8. The van der Waals surface area contributed by atoms with Crippen LogP contribution < -0.4 is 9.80 Å². The zero-order valence-corrected chi connectivity index (χ0v) is 18.1. The molecule has 1 amide bonds. The minimum atomic E-state index is -0.0790. The number of hydrogen-bond acceptors (Lipinski definition) is 5. The second-order valence-electron chi connectivity index (χ2n) is 8.91. The summed E-state index contributed by atoms with van der Waals surface area (Å²) in [6, 6.07) is 16.4. The van der Waals surface area contributed by atoms with E-state index in [1.54, 1.807) is 0 Å². The number of carbonyl (C=O) groups is 1. The van der Waals surface area contributed by atoms with Gasteiger partial charge in [0, 0.05) is 43.0 Å². The van der Waals surface area contributed by atoms with Gasteiger partial charge in [-0.2, -0.15) is 4.98 Å². The summed E-state index contributed by atoms with van der Waals surface area (Å²) in [6.07, 6.45) is 2.88. The molecule has 1 atom stereocenters. The van der Waals surface area contributed by atoms with Crippen LogP contribution in [0, 0.1) is 12.8 Å². The van der Waals surface area contributed by atoms with Crippen LogP contribution in [0.3, 0.4) is 0 Å². The SMILES string of the molecule is Cc1ccc(N2C[C@H](c3nc(-c4ccc(N5CCC(C)CC5)cc4)no3)CC2=O)cc1. The Hall–Kier alpha value is -3.15. The predicted molar refractivity (Wildman–Crippen MR) is 121 cm³/mol. The molecule has 3 heterocycles. The first-order valence-electron chi connectivity index (χ1n) is 11.1. The van der Waals surface area contributed by atoms with E-state index in [4.69, 9.17) is 4.52 Å². The Morgan fingerprint density at radius 2 is 1.65 bits per heavy atom. The van der Waals surface area contributed by atoms with E-state index >= 15 is 0 Å². The van der Waals surface area contributed by atoms with Gasteiger partial charge in [-0.1, -0.05) is 29.8 Å². The Morgan fingerprint density at radius 1 is 0.968 bits per heavy atom. The minimum absolute atomic E-state index is 0.0790. The first-order chi connectivity index (χ1) is 15.1. The van der Waals surface area contributed by atoms with Gasteiger partial charge in [-0.05, 0) is 62.1 Å². The van der Waals surface area contributed by atoms with Gasteiger partial charge in [0.1, 0.15) is 0 Å². The Bertz CT molecular complexity index is 1050.